The van der Waals surface area contributed by atoms with Crippen molar-refractivity contribution in [1.29, 1.82) is 0 Å². The third-order valence-corrected chi connectivity index (χ3v) is 2.36. The molecule has 0 aromatic carbocycles. The minimum Gasteiger partial charge on any atom is -0.481 e. The molecule has 0 fully saturated rings. The molecule has 0 radical (unpaired) electrons. The van der Waals surface area contributed by atoms with Crippen LogP contribution in [0.3, 0.4) is 0 Å². The van der Waals surface area contributed by atoms with E-state index in [0.29, 0.717) is 0 Å². The SMILES string of the molecule is C=C/C=C/C#CC#CC#CCCCCCCCC(=O)O. The predicted molar refractivity (Wildman–Crippen MR) is 82.6 cm³/mol. The number of aliphatic carboxylic acids is 1. The van der Waals surface area contributed by atoms with Gasteiger partial charge >= 0.3 is 5.97 Å². The van der Waals surface area contributed by atoms with Gasteiger partial charge < -0.3 is 5.11 Å². The maximum Gasteiger partial charge on any atom is 0.303 e. The maximum atomic E-state index is 10.3. The minimum absolute atomic E-state index is 0.276. The van der Waals surface area contributed by atoms with Gasteiger partial charge in [-0.05, 0) is 42.6 Å². The summed E-state index contributed by atoms with van der Waals surface area (Å²) in [5, 5.41) is 8.47. The molecule has 0 spiro atoms. The Balaban J connectivity index is 3.51. The van der Waals surface area contributed by atoms with E-state index in [9.17, 15) is 4.79 Å². The minimum atomic E-state index is -0.711. The summed E-state index contributed by atoms with van der Waals surface area (Å²) >= 11 is 0. The lowest BCUT2D eigenvalue weighted by Gasteiger charge is -1.96. The number of carboxylic acids is 1. The van der Waals surface area contributed by atoms with Gasteiger partial charge in [-0.25, -0.2) is 0 Å². The van der Waals surface area contributed by atoms with Crippen LogP contribution in [0.1, 0.15) is 44.9 Å². The zero-order valence-electron chi connectivity index (χ0n) is 11.7. The first-order valence-corrected chi connectivity index (χ1v) is 6.75. The van der Waals surface area contributed by atoms with Crippen molar-refractivity contribution < 1.29 is 9.90 Å². The number of allylic oxidation sites excluding steroid dienone is 3. The van der Waals surface area contributed by atoms with E-state index in [0.717, 1.165) is 38.5 Å². The average molecular weight is 268 g/mol. The Morgan fingerprint density at radius 2 is 1.70 bits per heavy atom. The number of hydrogen-bond donors (Lipinski definition) is 1. The van der Waals surface area contributed by atoms with Crippen molar-refractivity contribution in [2.24, 2.45) is 0 Å². The van der Waals surface area contributed by atoms with E-state index < -0.39 is 5.97 Å². The summed E-state index contributed by atoms with van der Waals surface area (Å²) in [6.07, 6.45) is 11.1. The molecule has 0 bridgehead atoms. The number of rotatable bonds is 8. The molecule has 0 saturated heterocycles. The summed E-state index contributed by atoms with van der Waals surface area (Å²) in [7, 11) is 0. The summed E-state index contributed by atoms with van der Waals surface area (Å²) in [5.74, 6) is 15.7. The Bertz CT molecular complexity index is 493. The van der Waals surface area contributed by atoms with Crippen LogP contribution in [0.25, 0.3) is 0 Å². The van der Waals surface area contributed by atoms with Gasteiger partial charge in [0.15, 0.2) is 0 Å². The smallest absolute Gasteiger partial charge is 0.303 e. The molecular weight excluding hydrogens is 248 g/mol. The average Bonchev–Trinajstić information content (AvgIpc) is 2.43. The topological polar surface area (TPSA) is 37.3 Å². The predicted octanol–water partition coefficient (Wildman–Crippen LogP) is 3.55. The molecule has 0 aliphatic carbocycles. The van der Waals surface area contributed by atoms with Crippen LogP contribution in [0.4, 0.5) is 0 Å². The second-order valence-corrected chi connectivity index (χ2v) is 4.08. The lowest BCUT2D eigenvalue weighted by molar-refractivity contribution is -0.137. The van der Waals surface area contributed by atoms with Gasteiger partial charge in [0.05, 0.1) is 0 Å². The monoisotopic (exact) mass is 268 g/mol. The van der Waals surface area contributed by atoms with E-state index in [1.807, 2.05) is 0 Å². The Hall–Kier alpha value is -2.37. The Labute approximate surface area is 122 Å². The first-order chi connectivity index (χ1) is 9.77. The Morgan fingerprint density at radius 1 is 1.00 bits per heavy atom. The van der Waals surface area contributed by atoms with Crippen molar-refractivity contribution in [2.45, 2.75) is 44.9 Å². The van der Waals surface area contributed by atoms with E-state index in [4.69, 9.17) is 5.11 Å². The summed E-state index contributed by atoms with van der Waals surface area (Å²) < 4.78 is 0. The second kappa shape index (κ2) is 14.7. The van der Waals surface area contributed by atoms with E-state index in [1.165, 1.54) is 0 Å². The van der Waals surface area contributed by atoms with Crippen LogP contribution in [-0.2, 0) is 4.79 Å². The quantitative estimate of drug-likeness (QED) is 0.415. The van der Waals surface area contributed by atoms with Crippen molar-refractivity contribution in [1.82, 2.24) is 0 Å². The lowest BCUT2D eigenvalue weighted by atomic mass is 10.1. The highest BCUT2D eigenvalue weighted by Crippen LogP contribution is 2.06. The molecule has 0 atom stereocenters. The lowest BCUT2D eigenvalue weighted by Crippen LogP contribution is -1.93. The highest BCUT2D eigenvalue weighted by atomic mass is 16.4. The number of carbonyl (C=O) groups is 1. The van der Waals surface area contributed by atoms with Crippen LogP contribution in [0, 0.1) is 35.5 Å². The molecule has 0 aliphatic heterocycles. The summed E-state index contributed by atoms with van der Waals surface area (Å²) in [6, 6.07) is 0. The van der Waals surface area contributed by atoms with Crippen molar-refractivity contribution in [3.05, 3.63) is 24.8 Å². The van der Waals surface area contributed by atoms with Gasteiger partial charge in [0.2, 0.25) is 0 Å². The van der Waals surface area contributed by atoms with Crippen LogP contribution >= 0.6 is 0 Å². The maximum absolute atomic E-state index is 10.3. The fourth-order valence-corrected chi connectivity index (χ4v) is 1.38. The molecule has 20 heavy (non-hydrogen) atoms. The molecule has 0 aromatic rings. The molecule has 2 nitrogen and oxygen atoms in total. The largest absolute Gasteiger partial charge is 0.481 e. The molecule has 0 unspecified atom stereocenters. The Morgan fingerprint density at radius 3 is 2.45 bits per heavy atom. The van der Waals surface area contributed by atoms with Crippen molar-refractivity contribution in [2.75, 3.05) is 0 Å². The molecule has 2 heteroatoms. The van der Waals surface area contributed by atoms with Crippen LogP contribution in [0.15, 0.2) is 24.8 Å². The van der Waals surface area contributed by atoms with E-state index in [2.05, 4.69) is 42.1 Å². The van der Waals surface area contributed by atoms with E-state index >= 15 is 0 Å². The standard InChI is InChI=1S/C18H20O2/c1-2-3-4-5-6-7-8-9-10-11-12-13-14-15-16-17-18(19)20/h2-4H,1,11-17H2,(H,19,20)/b4-3+. The molecule has 0 rings (SSSR count). The number of hydrogen-bond acceptors (Lipinski definition) is 1. The van der Waals surface area contributed by atoms with Gasteiger partial charge in [-0.2, -0.15) is 0 Å². The molecule has 0 amide bonds. The molecule has 0 aromatic heterocycles. The van der Waals surface area contributed by atoms with Gasteiger partial charge in [-0.15, -0.1) is 0 Å². The highest BCUT2D eigenvalue weighted by molar-refractivity contribution is 5.66. The van der Waals surface area contributed by atoms with Crippen LogP contribution in [0.5, 0.6) is 0 Å². The molecule has 1 N–H and O–H groups in total. The van der Waals surface area contributed by atoms with Crippen LogP contribution in [-0.4, -0.2) is 11.1 Å². The molecule has 104 valence electrons. The molecule has 0 heterocycles. The zero-order chi connectivity index (χ0) is 14.9. The summed E-state index contributed by atoms with van der Waals surface area (Å²) in [4.78, 5) is 10.3. The Kier molecular flexibility index (Phi) is 12.9. The van der Waals surface area contributed by atoms with Gasteiger partial charge in [0, 0.05) is 12.8 Å². The van der Waals surface area contributed by atoms with Gasteiger partial charge in [0.1, 0.15) is 0 Å². The van der Waals surface area contributed by atoms with Crippen LogP contribution in [0.2, 0.25) is 0 Å². The van der Waals surface area contributed by atoms with Crippen molar-refractivity contribution in [3.8, 4) is 35.5 Å². The van der Waals surface area contributed by atoms with Gasteiger partial charge in [-0.3, -0.25) is 4.79 Å². The first kappa shape index (κ1) is 17.6. The fourth-order valence-electron chi connectivity index (χ4n) is 1.38. The van der Waals surface area contributed by atoms with Crippen LogP contribution < -0.4 is 0 Å². The summed E-state index contributed by atoms with van der Waals surface area (Å²) in [5.41, 5.74) is 0. The number of unbranched alkanes of at least 4 members (excludes halogenated alkanes) is 5. The van der Waals surface area contributed by atoms with E-state index in [1.54, 1.807) is 18.2 Å². The van der Waals surface area contributed by atoms with E-state index in [-0.39, 0.29) is 6.42 Å². The summed E-state index contributed by atoms with van der Waals surface area (Å²) in [6.45, 7) is 3.53. The normalized spacial score (nSPS) is 8.60. The highest BCUT2D eigenvalue weighted by Gasteiger charge is 1.95. The first-order valence-electron chi connectivity index (χ1n) is 6.75. The third-order valence-electron chi connectivity index (χ3n) is 2.36. The zero-order valence-corrected chi connectivity index (χ0v) is 11.7. The molecule has 0 aliphatic rings. The fraction of sp³-hybridized carbons (Fsp3) is 0.389. The molecule has 0 saturated carbocycles. The second-order valence-electron chi connectivity index (χ2n) is 4.08. The van der Waals surface area contributed by atoms with Crippen molar-refractivity contribution >= 4 is 5.97 Å². The third kappa shape index (κ3) is 15.6. The van der Waals surface area contributed by atoms with Gasteiger partial charge in [-0.1, -0.05) is 49.8 Å². The number of carboxylic acid groups (broad SMARTS) is 1. The molecular formula is C18H20O2. The van der Waals surface area contributed by atoms with Crippen molar-refractivity contribution in [3.63, 3.8) is 0 Å². The van der Waals surface area contributed by atoms with Gasteiger partial charge in [0.25, 0.3) is 0 Å².